The fourth-order valence-corrected chi connectivity index (χ4v) is 2.38. The lowest BCUT2D eigenvalue weighted by molar-refractivity contribution is -0.124. The third kappa shape index (κ3) is 6.08. The number of carbonyl (C=O) groups is 2. The molecule has 1 aromatic carbocycles. The highest BCUT2D eigenvalue weighted by Gasteiger charge is 2.15. The van der Waals surface area contributed by atoms with Crippen LogP contribution < -0.4 is 5.32 Å². The van der Waals surface area contributed by atoms with Crippen molar-refractivity contribution in [2.45, 2.75) is 25.2 Å². The second-order valence-corrected chi connectivity index (χ2v) is 6.41. The van der Waals surface area contributed by atoms with Crippen molar-refractivity contribution in [3.05, 3.63) is 29.8 Å². The molecule has 1 N–H and O–H groups in total. The maximum Gasteiger partial charge on any atom is 0.339 e. The standard InChI is InChI=1S/C15H21NO4S/c1-11(2)8-9-16-14(17)10-20-15(18)12-6-4-5-7-13(12)21(3)19/h4-7,11H,8-10H2,1-3H3,(H,16,17)/t21-/m1/s1. The zero-order valence-corrected chi connectivity index (χ0v) is 13.4. The predicted octanol–water partition coefficient (Wildman–Crippen LogP) is 1.74. The van der Waals surface area contributed by atoms with Gasteiger partial charge < -0.3 is 10.1 Å². The van der Waals surface area contributed by atoms with Gasteiger partial charge in [0, 0.05) is 12.8 Å². The van der Waals surface area contributed by atoms with Crippen LogP contribution in [0.25, 0.3) is 0 Å². The average molecular weight is 311 g/mol. The SMILES string of the molecule is CC(C)CCNC(=O)COC(=O)c1ccccc1[S@@](C)=O. The minimum absolute atomic E-state index is 0.230. The molecule has 0 unspecified atom stereocenters. The minimum atomic E-state index is -1.29. The average Bonchev–Trinajstić information content (AvgIpc) is 2.44. The molecule has 0 bridgehead atoms. The first-order valence-electron chi connectivity index (χ1n) is 6.78. The molecule has 1 rings (SSSR count). The molecule has 21 heavy (non-hydrogen) atoms. The van der Waals surface area contributed by atoms with Crippen molar-refractivity contribution in [2.75, 3.05) is 19.4 Å². The van der Waals surface area contributed by atoms with Crippen molar-refractivity contribution in [3.63, 3.8) is 0 Å². The number of carbonyl (C=O) groups excluding carboxylic acids is 2. The number of rotatable bonds is 7. The zero-order valence-electron chi connectivity index (χ0n) is 12.5. The second-order valence-electron chi connectivity index (χ2n) is 5.06. The normalized spacial score (nSPS) is 12.0. The quantitative estimate of drug-likeness (QED) is 0.779. The van der Waals surface area contributed by atoms with Crippen molar-refractivity contribution in [3.8, 4) is 0 Å². The fourth-order valence-electron chi connectivity index (χ4n) is 1.65. The molecular weight excluding hydrogens is 290 g/mol. The summed E-state index contributed by atoms with van der Waals surface area (Å²) in [5, 5.41) is 2.68. The van der Waals surface area contributed by atoms with E-state index in [0.29, 0.717) is 17.4 Å². The number of benzene rings is 1. The summed E-state index contributed by atoms with van der Waals surface area (Å²) in [5.41, 5.74) is 0.230. The zero-order chi connectivity index (χ0) is 15.8. The first-order valence-corrected chi connectivity index (χ1v) is 8.34. The van der Waals surface area contributed by atoms with Gasteiger partial charge in [0.2, 0.25) is 0 Å². The highest BCUT2D eigenvalue weighted by molar-refractivity contribution is 7.84. The molecule has 1 atom stereocenters. The molecule has 1 aromatic rings. The summed E-state index contributed by atoms with van der Waals surface area (Å²) in [7, 11) is -1.29. The summed E-state index contributed by atoms with van der Waals surface area (Å²) in [6.07, 6.45) is 2.36. The molecule has 0 spiro atoms. The van der Waals surface area contributed by atoms with Gasteiger partial charge in [0.25, 0.3) is 5.91 Å². The summed E-state index contributed by atoms with van der Waals surface area (Å²) >= 11 is 0. The van der Waals surface area contributed by atoms with Gasteiger partial charge in [-0.15, -0.1) is 0 Å². The molecule has 0 fully saturated rings. The van der Waals surface area contributed by atoms with Gasteiger partial charge in [0.15, 0.2) is 6.61 Å². The van der Waals surface area contributed by atoms with Gasteiger partial charge in [-0.25, -0.2) is 4.79 Å². The number of nitrogens with one attached hydrogen (secondary N) is 1. The van der Waals surface area contributed by atoms with Crippen LogP contribution in [0.1, 0.15) is 30.6 Å². The lowest BCUT2D eigenvalue weighted by Crippen LogP contribution is -2.30. The molecule has 1 amide bonds. The third-order valence-corrected chi connectivity index (χ3v) is 3.77. The molecule has 0 aromatic heterocycles. The van der Waals surface area contributed by atoms with Crippen LogP contribution in [0.5, 0.6) is 0 Å². The van der Waals surface area contributed by atoms with Gasteiger partial charge in [-0.3, -0.25) is 9.00 Å². The lowest BCUT2D eigenvalue weighted by atomic mass is 10.1. The van der Waals surface area contributed by atoms with Gasteiger partial charge >= 0.3 is 5.97 Å². The number of esters is 1. The van der Waals surface area contributed by atoms with Gasteiger partial charge in [-0.2, -0.15) is 0 Å². The molecule has 6 heteroatoms. The molecule has 116 valence electrons. The van der Waals surface area contributed by atoms with E-state index >= 15 is 0 Å². The maximum absolute atomic E-state index is 11.9. The van der Waals surface area contributed by atoms with Crippen LogP contribution in [0.15, 0.2) is 29.2 Å². The van der Waals surface area contributed by atoms with E-state index in [1.807, 2.05) is 0 Å². The van der Waals surface area contributed by atoms with Crippen molar-refractivity contribution in [1.29, 1.82) is 0 Å². The van der Waals surface area contributed by atoms with Gasteiger partial charge in [0.1, 0.15) is 0 Å². The Bertz CT molecular complexity index is 528. The molecule has 0 saturated carbocycles. The van der Waals surface area contributed by atoms with Crippen LogP contribution >= 0.6 is 0 Å². The number of hydrogen-bond donors (Lipinski definition) is 1. The fraction of sp³-hybridized carbons (Fsp3) is 0.467. The molecule has 0 aliphatic rings. The first-order chi connectivity index (χ1) is 9.91. The van der Waals surface area contributed by atoms with Crippen molar-refractivity contribution >= 4 is 22.7 Å². The van der Waals surface area contributed by atoms with E-state index in [-0.39, 0.29) is 18.1 Å². The summed E-state index contributed by atoms with van der Waals surface area (Å²) in [6.45, 7) is 4.35. The molecule has 0 radical (unpaired) electrons. The van der Waals surface area contributed by atoms with E-state index in [1.165, 1.54) is 12.3 Å². The largest absolute Gasteiger partial charge is 0.452 e. The first kappa shape index (κ1) is 17.4. The van der Waals surface area contributed by atoms with E-state index in [1.54, 1.807) is 18.2 Å². The van der Waals surface area contributed by atoms with Crippen LogP contribution in [-0.4, -0.2) is 35.5 Å². The van der Waals surface area contributed by atoms with Crippen LogP contribution in [0.2, 0.25) is 0 Å². The summed E-state index contributed by atoms with van der Waals surface area (Å²) in [4.78, 5) is 23.9. The van der Waals surface area contributed by atoms with Gasteiger partial charge in [-0.05, 0) is 24.5 Å². The van der Waals surface area contributed by atoms with E-state index < -0.39 is 16.8 Å². The highest BCUT2D eigenvalue weighted by atomic mass is 32.2. The Kier molecular flexibility index (Phi) is 7.08. The molecule has 0 saturated heterocycles. The summed E-state index contributed by atoms with van der Waals surface area (Å²) in [6, 6.07) is 6.51. The monoisotopic (exact) mass is 311 g/mol. The number of hydrogen-bond acceptors (Lipinski definition) is 4. The number of amides is 1. The second kappa shape index (κ2) is 8.56. The van der Waals surface area contributed by atoms with Crippen LogP contribution in [0, 0.1) is 5.92 Å². The van der Waals surface area contributed by atoms with Crippen molar-refractivity contribution in [2.24, 2.45) is 5.92 Å². The van der Waals surface area contributed by atoms with E-state index in [2.05, 4.69) is 19.2 Å². The van der Waals surface area contributed by atoms with Gasteiger partial charge in [-0.1, -0.05) is 26.0 Å². The Balaban J connectivity index is 2.51. The summed E-state index contributed by atoms with van der Waals surface area (Å²) in [5.74, 6) is -0.474. The van der Waals surface area contributed by atoms with Crippen LogP contribution in [0.4, 0.5) is 0 Å². The smallest absolute Gasteiger partial charge is 0.339 e. The van der Waals surface area contributed by atoms with Crippen LogP contribution in [-0.2, 0) is 20.3 Å². The topological polar surface area (TPSA) is 72.5 Å². The predicted molar refractivity (Wildman–Crippen MR) is 81.5 cm³/mol. The van der Waals surface area contributed by atoms with Crippen LogP contribution in [0.3, 0.4) is 0 Å². The van der Waals surface area contributed by atoms with E-state index in [0.717, 1.165) is 6.42 Å². The maximum atomic E-state index is 11.9. The van der Waals surface area contributed by atoms with Crippen molar-refractivity contribution < 1.29 is 18.5 Å². The molecule has 0 aliphatic heterocycles. The van der Waals surface area contributed by atoms with Crippen molar-refractivity contribution in [1.82, 2.24) is 5.32 Å². The third-order valence-electron chi connectivity index (χ3n) is 2.79. The Hall–Kier alpha value is -1.69. The Morgan fingerprint density at radius 3 is 2.57 bits per heavy atom. The molecule has 0 aliphatic carbocycles. The molecule has 0 heterocycles. The van der Waals surface area contributed by atoms with E-state index in [4.69, 9.17) is 4.74 Å². The Morgan fingerprint density at radius 1 is 1.29 bits per heavy atom. The Morgan fingerprint density at radius 2 is 1.95 bits per heavy atom. The Labute approximate surface area is 127 Å². The highest BCUT2D eigenvalue weighted by Crippen LogP contribution is 2.13. The van der Waals surface area contributed by atoms with Gasteiger partial charge in [0.05, 0.1) is 21.3 Å². The minimum Gasteiger partial charge on any atom is -0.452 e. The van der Waals surface area contributed by atoms with E-state index in [9.17, 15) is 13.8 Å². The lowest BCUT2D eigenvalue weighted by Gasteiger charge is -2.09. The molecular formula is C15H21NO4S. The molecule has 5 nitrogen and oxygen atoms in total. The number of ether oxygens (including phenoxy) is 1. The summed E-state index contributed by atoms with van der Waals surface area (Å²) < 4.78 is 16.5.